The molecular formula is C11H14ClN. The second-order valence-electron chi connectivity index (χ2n) is 3.79. The first-order valence-electron chi connectivity index (χ1n) is 4.73. The summed E-state index contributed by atoms with van der Waals surface area (Å²) in [4.78, 5) is 0. The minimum atomic E-state index is 0.574. The van der Waals surface area contributed by atoms with Crippen molar-refractivity contribution in [3.63, 3.8) is 0 Å². The lowest BCUT2D eigenvalue weighted by molar-refractivity contribution is 0.679. The highest BCUT2D eigenvalue weighted by atomic mass is 35.5. The van der Waals surface area contributed by atoms with Gasteiger partial charge in [-0.3, -0.25) is 0 Å². The molecule has 0 spiro atoms. The first-order chi connectivity index (χ1) is 6.18. The van der Waals surface area contributed by atoms with Gasteiger partial charge < -0.3 is 5.32 Å². The molecule has 13 heavy (non-hydrogen) atoms. The number of rotatable bonds is 0. The maximum Gasteiger partial charge on any atom is 0.0455 e. The predicted octanol–water partition coefficient (Wildman–Crippen LogP) is 3.40. The van der Waals surface area contributed by atoms with Crippen LogP contribution >= 0.6 is 11.6 Å². The molecule has 0 bridgehead atoms. The molecule has 0 saturated heterocycles. The summed E-state index contributed by atoms with van der Waals surface area (Å²) in [6.07, 6.45) is 2.38. The number of fused-ring (bicyclic) bond motifs is 1. The van der Waals surface area contributed by atoms with Crippen molar-refractivity contribution < 1.29 is 0 Å². The number of hydrogen-bond donors (Lipinski definition) is 1. The Bertz CT molecular complexity index is 333. The van der Waals surface area contributed by atoms with E-state index in [0.29, 0.717) is 6.04 Å². The molecule has 1 nitrogen and oxygen atoms in total. The van der Waals surface area contributed by atoms with E-state index >= 15 is 0 Å². The van der Waals surface area contributed by atoms with Crippen LogP contribution in [0.15, 0.2) is 12.1 Å². The van der Waals surface area contributed by atoms with Crippen LogP contribution in [0.2, 0.25) is 5.02 Å². The molecular weight excluding hydrogens is 182 g/mol. The lowest BCUT2D eigenvalue weighted by atomic mass is 9.96. The minimum Gasteiger partial charge on any atom is -0.382 e. The molecule has 0 fully saturated rings. The van der Waals surface area contributed by atoms with E-state index in [4.69, 9.17) is 11.6 Å². The zero-order valence-electron chi connectivity index (χ0n) is 8.02. The average molecular weight is 196 g/mol. The molecule has 1 N–H and O–H groups in total. The van der Waals surface area contributed by atoms with E-state index < -0.39 is 0 Å². The fourth-order valence-corrected chi connectivity index (χ4v) is 2.00. The van der Waals surface area contributed by atoms with Gasteiger partial charge in [0.05, 0.1) is 0 Å². The van der Waals surface area contributed by atoms with Crippen molar-refractivity contribution in [1.29, 1.82) is 0 Å². The van der Waals surface area contributed by atoms with Gasteiger partial charge in [-0.2, -0.15) is 0 Å². The van der Waals surface area contributed by atoms with Crippen molar-refractivity contribution in [3.8, 4) is 0 Å². The van der Waals surface area contributed by atoms with Crippen molar-refractivity contribution in [3.05, 3.63) is 28.3 Å². The van der Waals surface area contributed by atoms with Crippen molar-refractivity contribution >= 4 is 17.3 Å². The molecule has 2 heteroatoms. The molecule has 1 heterocycles. The van der Waals surface area contributed by atoms with E-state index in [-0.39, 0.29) is 0 Å². The van der Waals surface area contributed by atoms with E-state index in [2.05, 4.69) is 25.2 Å². The number of halogens is 1. The third-order valence-electron chi connectivity index (χ3n) is 2.72. The topological polar surface area (TPSA) is 12.0 Å². The maximum atomic E-state index is 6.05. The summed E-state index contributed by atoms with van der Waals surface area (Å²) < 4.78 is 0. The van der Waals surface area contributed by atoms with Gasteiger partial charge in [-0.1, -0.05) is 17.7 Å². The van der Waals surface area contributed by atoms with Gasteiger partial charge in [0.25, 0.3) is 0 Å². The van der Waals surface area contributed by atoms with E-state index in [9.17, 15) is 0 Å². The highest BCUT2D eigenvalue weighted by Gasteiger charge is 2.16. The van der Waals surface area contributed by atoms with Gasteiger partial charge in [0.1, 0.15) is 0 Å². The first-order valence-corrected chi connectivity index (χ1v) is 5.11. The van der Waals surface area contributed by atoms with Crippen molar-refractivity contribution in [2.24, 2.45) is 0 Å². The summed E-state index contributed by atoms with van der Waals surface area (Å²) in [5, 5.41) is 4.35. The van der Waals surface area contributed by atoms with Crippen molar-refractivity contribution in [2.75, 3.05) is 5.32 Å². The summed E-state index contributed by atoms with van der Waals surface area (Å²) in [5.41, 5.74) is 3.84. The summed E-state index contributed by atoms with van der Waals surface area (Å²) >= 11 is 6.05. The monoisotopic (exact) mass is 195 g/mol. The molecule has 0 aromatic heterocycles. The summed E-state index contributed by atoms with van der Waals surface area (Å²) in [7, 11) is 0. The average Bonchev–Trinajstić information content (AvgIpc) is 2.12. The molecule has 1 atom stereocenters. The number of anilines is 1. The van der Waals surface area contributed by atoms with Gasteiger partial charge in [0, 0.05) is 16.8 Å². The molecule has 0 saturated carbocycles. The van der Waals surface area contributed by atoms with Gasteiger partial charge in [0.15, 0.2) is 0 Å². The van der Waals surface area contributed by atoms with Gasteiger partial charge in [0.2, 0.25) is 0 Å². The number of benzene rings is 1. The largest absolute Gasteiger partial charge is 0.382 e. The van der Waals surface area contributed by atoms with Gasteiger partial charge in [-0.25, -0.2) is 0 Å². The molecule has 1 aliphatic rings. The van der Waals surface area contributed by atoms with Crippen LogP contribution in [0, 0.1) is 6.92 Å². The van der Waals surface area contributed by atoms with E-state index in [1.807, 2.05) is 6.07 Å². The van der Waals surface area contributed by atoms with Gasteiger partial charge >= 0.3 is 0 Å². The number of nitrogens with one attached hydrogen (secondary N) is 1. The first kappa shape index (κ1) is 8.89. The van der Waals surface area contributed by atoms with Crippen LogP contribution in [-0.4, -0.2) is 6.04 Å². The van der Waals surface area contributed by atoms with Crippen LogP contribution in [0.4, 0.5) is 5.69 Å². The SMILES string of the molecule is Cc1c(Cl)ccc2c1N[C@@H](C)CC2. The smallest absolute Gasteiger partial charge is 0.0455 e. The minimum absolute atomic E-state index is 0.574. The molecule has 0 amide bonds. The molecule has 0 aliphatic carbocycles. The Morgan fingerprint density at radius 2 is 2.23 bits per heavy atom. The molecule has 1 aliphatic heterocycles. The second kappa shape index (κ2) is 3.22. The highest BCUT2D eigenvalue weighted by Crippen LogP contribution is 2.32. The zero-order valence-corrected chi connectivity index (χ0v) is 8.78. The van der Waals surface area contributed by atoms with Crippen molar-refractivity contribution in [2.45, 2.75) is 32.7 Å². The Morgan fingerprint density at radius 1 is 1.46 bits per heavy atom. The van der Waals surface area contributed by atoms with Crippen LogP contribution in [0.5, 0.6) is 0 Å². The molecule has 2 rings (SSSR count). The Balaban J connectivity index is 2.48. The number of aryl methyl sites for hydroxylation is 1. The highest BCUT2D eigenvalue weighted by molar-refractivity contribution is 6.31. The fourth-order valence-electron chi connectivity index (χ4n) is 1.84. The normalized spacial score (nSPS) is 20.7. The summed E-state index contributed by atoms with van der Waals surface area (Å²) in [6, 6.07) is 4.70. The van der Waals surface area contributed by atoms with Crippen LogP contribution in [-0.2, 0) is 6.42 Å². The molecule has 70 valence electrons. The Hall–Kier alpha value is -0.690. The van der Waals surface area contributed by atoms with Crippen LogP contribution < -0.4 is 5.32 Å². The summed E-state index contributed by atoms with van der Waals surface area (Å²) in [6.45, 7) is 4.29. The lowest BCUT2D eigenvalue weighted by Crippen LogP contribution is -2.22. The van der Waals surface area contributed by atoms with E-state index in [1.165, 1.54) is 29.7 Å². The predicted molar refractivity (Wildman–Crippen MR) is 57.6 cm³/mol. The standard InChI is InChI=1S/C11H14ClN/c1-7-3-4-9-5-6-10(12)8(2)11(9)13-7/h5-7,13H,3-4H2,1-2H3/t7-/m0/s1. The fraction of sp³-hybridized carbons (Fsp3) is 0.455. The third kappa shape index (κ3) is 1.53. The molecule has 1 aromatic carbocycles. The molecule has 0 radical (unpaired) electrons. The van der Waals surface area contributed by atoms with Crippen LogP contribution in [0.25, 0.3) is 0 Å². The van der Waals surface area contributed by atoms with Gasteiger partial charge in [-0.05, 0) is 43.9 Å². The maximum absolute atomic E-state index is 6.05. The summed E-state index contributed by atoms with van der Waals surface area (Å²) in [5.74, 6) is 0. The Labute approximate surface area is 84.1 Å². The second-order valence-corrected chi connectivity index (χ2v) is 4.20. The van der Waals surface area contributed by atoms with Crippen LogP contribution in [0.3, 0.4) is 0 Å². The van der Waals surface area contributed by atoms with E-state index in [1.54, 1.807) is 0 Å². The van der Waals surface area contributed by atoms with Crippen LogP contribution in [0.1, 0.15) is 24.5 Å². The zero-order chi connectivity index (χ0) is 9.42. The quantitative estimate of drug-likeness (QED) is 0.669. The lowest BCUT2D eigenvalue weighted by Gasteiger charge is -2.26. The number of hydrogen-bond acceptors (Lipinski definition) is 1. The Morgan fingerprint density at radius 3 is 3.00 bits per heavy atom. The van der Waals surface area contributed by atoms with Gasteiger partial charge in [-0.15, -0.1) is 0 Å². The molecule has 0 unspecified atom stereocenters. The third-order valence-corrected chi connectivity index (χ3v) is 3.13. The van der Waals surface area contributed by atoms with E-state index in [0.717, 1.165) is 5.02 Å². The Kier molecular flexibility index (Phi) is 2.20. The van der Waals surface area contributed by atoms with Crippen molar-refractivity contribution in [1.82, 2.24) is 0 Å². The molecule has 1 aromatic rings.